The van der Waals surface area contributed by atoms with Crippen molar-refractivity contribution in [3.05, 3.63) is 59.2 Å². The fourth-order valence-corrected chi connectivity index (χ4v) is 2.58. The van der Waals surface area contributed by atoms with Gasteiger partial charge in [0, 0.05) is 12.5 Å². The summed E-state index contributed by atoms with van der Waals surface area (Å²) < 4.78 is 0. The summed E-state index contributed by atoms with van der Waals surface area (Å²) in [6.45, 7) is 2.27. The molecule has 2 aromatic carbocycles. The lowest BCUT2D eigenvalue weighted by atomic mass is 9.97. The molecule has 0 saturated heterocycles. The van der Waals surface area contributed by atoms with Crippen LogP contribution in [0.25, 0.3) is 11.1 Å². The van der Waals surface area contributed by atoms with Crippen LogP contribution in [0.1, 0.15) is 29.5 Å². The first-order valence-electron chi connectivity index (χ1n) is 6.11. The van der Waals surface area contributed by atoms with Crippen molar-refractivity contribution in [1.29, 1.82) is 0 Å². The highest BCUT2D eigenvalue weighted by Gasteiger charge is 2.18. The third-order valence-electron chi connectivity index (χ3n) is 3.66. The van der Waals surface area contributed by atoms with Crippen molar-refractivity contribution in [2.24, 2.45) is 0 Å². The van der Waals surface area contributed by atoms with E-state index in [9.17, 15) is 5.11 Å². The molecule has 0 radical (unpaired) electrons. The molecule has 2 aromatic rings. The molecule has 1 atom stereocenters. The molecule has 0 saturated carbocycles. The van der Waals surface area contributed by atoms with E-state index in [-0.39, 0.29) is 12.5 Å². The van der Waals surface area contributed by atoms with Crippen LogP contribution in [-0.2, 0) is 6.42 Å². The van der Waals surface area contributed by atoms with Crippen molar-refractivity contribution in [2.75, 3.05) is 6.61 Å². The Bertz CT molecular complexity index is 557. The zero-order valence-corrected chi connectivity index (χ0v) is 9.98. The molecular weight excluding hydrogens is 208 g/mol. The number of benzene rings is 2. The molecular formula is C16H16O. The first kappa shape index (κ1) is 10.5. The molecule has 0 spiro atoms. The first-order chi connectivity index (χ1) is 8.29. The quantitative estimate of drug-likeness (QED) is 0.707. The van der Waals surface area contributed by atoms with Crippen LogP contribution in [0.2, 0.25) is 0 Å². The van der Waals surface area contributed by atoms with Gasteiger partial charge >= 0.3 is 0 Å². The maximum absolute atomic E-state index is 9.21. The monoisotopic (exact) mass is 224 g/mol. The molecule has 17 heavy (non-hydrogen) atoms. The third-order valence-corrected chi connectivity index (χ3v) is 3.66. The van der Waals surface area contributed by atoms with Gasteiger partial charge in [0.25, 0.3) is 0 Å². The van der Waals surface area contributed by atoms with Gasteiger partial charge in [0.05, 0.1) is 0 Å². The summed E-state index contributed by atoms with van der Waals surface area (Å²) in [5, 5.41) is 9.21. The van der Waals surface area contributed by atoms with Crippen LogP contribution >= 0.6 is 0 Å². The highest BCUT2D eigenvalue weighted by atomic mass is 16.3. The van der Waals surface area contributed by atoms with Gasteiger partial charge < -0.3 is 5.11 Å². The minimum Gasteiger partial charge on any atom is -0.396 e. The normalized spacial score (nSPS) is 14.2. The molecule has 1 nitrogen and oxygen atoms in total. The lowest BCUT2D eigenvalue weighted by Gasteiger charge is -2.10. The van der Waals surface area contributed by atoms with Crippen molar-refractivity contribution >= 4 is 0 Å². The second kappa shape index (κ2) is 4.01. The van der Waals surface area contributed by atoms with E-state index in [1.54, 1.807) is 0 Å². The Morgan fingerprint density at radius 1 is 1.06 bits per heavy atom. The van der Waals surface area contributed by atoms with E-state index >= 15 is 0 Å². The van der Waals surface area contributed by atoms with Crippen LogP contribution in [0.5, 0.6) is 0 Å². The van der Waals surface area contributed by atoms with Crippen molar-refractivity contribution in [3.63, 3.8) is 0 Å². The molecule has 1 N–H and O–H groups in total. The van der Waals surface area contributed by atoms with E-state index in [0.29, 0.717) is 0 Å². The average Bonchev–Trinajstić information content (AvgIpc) is 2.75. The highest BCUT2D eigenvalue weighted by molar-refractivity contribution is 5.76. The number of hydrogen-bond donors (Lipinski definition) is 1. The zero-order valence-electron chi connectivity index (χ0n) is 9.98. The second-order valence-electron chi connectivity index (χ2n) is 4.83. The number of fused-ring (bicyclic) bond motifs is 3. The van der Waals surface area contributed by atoms with E-state index in [0.717, 1.165) is 6.42 Å². The van der Waals surface area contributed by atoms with Gasteiger partial charge in [-0.15, -0.1) is 0 Å². The minimum absolute atomic E-state index is 0.214. The average molecular weight is 224 g/mol. The van der Waals surface area contributed by atoms with Gasteiger partial charge in [-0.1, -0.05) is 49.4 Å². The molecule has 3 rings (SSSR count). The van der Waals surface area contributed by atoms with Gasteiger partial charge in [0.2, 0.25) is 0 Å². The Morgan fingerprint density at radius 2 is 1.82 bits per heavy atom. The van der Waals surface area contributed by atoms with Crippen molar-refractivity contribution in [2.45, 2.75) is 19.3 Å². The van der Waals surface area contributed by atoms with E-state index in [1.165, 1.54) is 27.8 Å². The molecule has 0 amide bonds. The fraction of sp³-hybridized carbons (Fsp3) is 0.250. The van der Waals surface area contributed by atoms with E-state index in [1.807, 2.05) is 0 Å². The lowest BCUT2D eigenvalue weighted by Crippen LogP contribution is -1.99. The number of aliphatic hydroxyl groups excluding tert-OH is 1. The maximum Gasteiger partial charge on any atom is 0.0497 e. The number of hydrogen-bond acceptors (Lipinski definition) is 1. The summed E-state index contributed by atoms with van der Waals surface area (Å²) in [5.74, 6) is 0.226. The number of rotatable bonds is 2. The molecule has 0 aromatic heterocycles. The Hall–Kier alpha value is -1.60. The van der Waals surface area contributed by atoms with Gasteiger partial charge in [-0.05, 0) is 34.2 Å². The summed E-state index contributed by atoms with van der Waals surface area (Å²) in [7, 11) is 0. The van der Waals surface area contributed by atoms with E-state index < -0.39 is 0 Å². The summed E-state index contributed by atoms with van der Waals surface area (Å²) in [5.41, 5.74) is 6.76. The van der Waals surface area contributed by atoms with Crippen molar-refractivity contribution < 1.29 is 5.11 Å². The molecule has 1 aliphatic rings. The predicted octanol–water partition coefficient (Wildman–Crippen LogP) is 3.35. The molecule has 1 aliphatic carbocycles. The Kier molecular flexibility index (Phi) is 2.49. The van der Waals surface area contributed by atoms with Crippen LogP contribution in [0.3, 0.4) is 0 Å². The van der Waals surface area contributed by atoms with Gasteiger partial charge in [-0.25, -0.2) is 0 Å². The zero-order chi connectivity index (χ0) is 11.8. The summed E-state index contributed by atoms with van der Waals surface area (Å²) >= 11 is 0. The highest BCUT2D eigenvalue weighted by Crippen LogP contribution is 2.37. The van der Waals surface area contributed by atoms with Crippen molar-refractivity contribution in [1.82, 2.24) is 0 Å². The summed E-state index contributed by atoms with van der Waals surface area (Å²) in [6.07, 6.45) is 1.03. The van der Waals surface area contributed by atoms with Crippen LogP contribution < -0.4 is 0 Å². The second-order valence-corrected chi connectivity index (χ2v) is 4.83. The van der Waals surface area contributed by atoms with Gasteiger partial charge in [0.1, 0.15) is 0 Å². The molecule has 1 heteroatoms. The van der Waals surface area contributed by atoms with Crippen LogP contribution in [-0.4, -0.2) is 11.7 Å². The molecule has 0 bridgehead atoms. The summed E-state index contributed by atoms with van der Waals surface area (Å²) in [4.78, 5) is 0. The smallest absolute Gasteiger partial charge is 0.0497 e. The standard InChI is InChI=1S/C16H16O/c1-11(10-17)12-6-7-16-14(8-12)9-13-4-2-3-5-15(13)16/h2-8,11,17H,9-10H2,1H3/t11-/m1/s1. The molecule has 0 heterocycles. The Labute approximate surface area is 102 Å². The Morgan fingerprint density at radius 3 is 2.65 bits per heavy atom. The van der Waals surface area contributed by atoms with Crippen LogP contribution in [0.4, 0.5) is 0 Å². The molecule has 0 fully saturated rings. The van der Waals surface area contributed by atoms with Crippen LogP contribution in [0, 0.1) is 0 Å². The SMILES string of the molecule is C[C@H](CO)c1ccc2c(c1)Cc1ccccc1-2. The minimum atomic E-state index is 0.214. The van der Waals surface area contributed by atoms with Gasteiger partial charge in [0.15, 0.2) is 0 Å². The van der Waals surface area contributed by atoms with Gasteiger partial charge in [-0.2, -0.15) is 0 Å². The molecule has 86 valence electrons. The molecule has 0 aliphatic heterocycles. The third kappa shape index (κ3) is 1.67. The Balaban J connectivity index is 2.07. The molecule has 0 unspecified atom stereocenters. The largest absolute Gasteiger partial charge is 0.396 e. The van der Waals surface area contributed by atoms with E-state index in [2.05, 4.69) is 49.4 Å². The fourth-order valence-electron chi connectivity index (χ4n) is 2.58. The lowest BCUT2D eigenvalue weighted by molar-refractivity contribution is 0.273. The topological polar surface area (TPSA) is 20.2 Å². The summed E-state index contributed by atoms with van der Waals surface area (Å²) in [6, 6.07) is 15.2. The first-order valence-corrected chi connectivity index (χ1v) is 6.11. The van der Waals surface area contributed by atoms with Crippen LogP contribution in [0.15, 0.2) is 42.5 Å². The number of aliphatic hydroxyl groups is 1. The van der Waals surface area contributed by atoms with Crippen molar-refractivity contribution in [3.8, 4) is 11.1 Å². The predicted molar refractivity (Wildman–Crippen MR) is 70.2 cm³/mol. The van der Waals surface area contributed by atoms with Gasteiger partial charge in [-0.3, -0.25) is 0 Å². The van der Waals surface area contributed by atoms with E-state index in [4.69, 9.17) is 0 Å². The maximum atomic E-state index is 9.21.